The third-order valence-electron chi connectivity index (χ3n) is 4.32. The Morgan fingerprint density at radius 3 is 2.26 bits per heavy atom. The van der Waals surface area contributed by atoms with Gasteiger partial charge >= 0.3 is 0 Å². The Kier molecular flexibility index (Phi) is 6.18. The summed E-state index contributed by atoms with van der Waals surface area (Å²) in [6.07, 6.45) is 1.77. The molecular formula is C19H21FN2O3S2. The summed E-state index contributed by atoms with van der Waals surface area (Å²) < 4.78 is 39.5. The highest BCUT2D eigenvalue weighted by Gasteiger charge is 2.27. The number of carbonyl (C=O) groups excluding carboxylic acids is 1. The minimum absolute atomic E-state index is 0.209. The van der Waals surface area contributed by atoms with Crippen molar-refractivity contribution < 1.29 is 17.6 Å². The molecule has 5 nitrogen and oxygen atoms in total. The van der Waals surface area contributed by atoms with Crippen molar-refractivity contribution >= 4 is 33.4 Å². The number of benzene rings is 2. The van der Waals surface area contributed by atoms with E-state index in [9.17, 15) is 17.6 Å². The monoisotopic (exact) mass is 408 g/mol. The average Bonchev–Trinajstić information content (AvgIpc) is 3.19. The first-order valence-corrected chi connectivity index (χ1v) is 11.0. The second kappa shape index (κ2) is 8.41. The van der Waals surface area contributed by atoms with Crippen molar-refractivity contribution in [1.82, 2.24) is 4.31 Å². The molecule has 8 heteroatoms. The first kappa shape index (κ1) is 19.9. The molecule has 1 aliphatic heterocycles. The highest BCUT2D eigenvalue weighted by molar-refractivity contribution is 8.00. The number of hydrogen-bond acceptors (Lipinski definition) is 4. The number of amides is 1. The zero-order valence-electron chi connectivity index (χ0n) is 14.9. The number of rotatable bonds is 6. The number of thioether (sulfide) groups is 1. The molecule has 144 valence electrons. The lowest BCUT2D eigenvalue weighted by Crippen LogP contribution is -2.27. The molecule has 0 radical (unpaired) electrons. The standard InChI is InChI=1S/C19H21FN2O3S2/c1-14(26-17-8-4-15(20)5-9-17)19(23)21-16-6-10-18(11-7-16)27(24,25)22-12-2-3-13-22/h4-11,14H,2-3,12-13H2,1H3,(H,21,23)/t14-/m1/s1. The smallest absolute Gasteiger partial charge is 0.243 e. The van der Waals surface area contributed by atoms with Crippen LogP contribution in [0.15, 0.2) is 58.3 Å². The molecule has 0 saturated carbocycles. The molecule has 1 amide bonds. The Hall–Kier alpha value is -1.90. The number of hydrogen-bond donors (Lipinski definition) is 1. The van der Waals surface area contributed by atoms with Gasteiger partial charge in [0.2, 0.25) is 15.9 Å². The fraction of sp³-hybridized carbons (Fsp3) is 0.316. The third kappa shape index (κ3) is 4.88. The van der Waals surface area contributed by atoms with Crippen LogP contribution < -0.4 is 5.32 Å². The molecule has 2 aromatic carbocycles. The topological polar surface area (TPSA) is 66.5 Å². The number of anilines is 1. The van der Waals surface area contributed by atoms with E-state index in [4.69, 9.17) is 0 Å². The van der Waals surface area contributed by atoms with Crippen LogP contribution in [-0.2, 0) is 14.8 Å². The van der Waals surface area contributed by atoms with E-state index in [1.807, 2.05) is 0 Å². The van der Waals surface area contributed by atoms with Crippen molar-refractivity contribution in [3.05, 3.63) is 54.3 Å². The normalized spacial score (nSPS) is 16.2. The Balaban J connectivity index is 1.61. The lowest BCUT2D eigenvalue weighted by molar-refractivity contribution is -0.115. The summed E-state index contributed by atoms with van der Waals surface area (Å²) in [7, 11) is -3.46. The number of halogens is 1. The van der Waals surface area contributed by atoms with Gasteiger partial charge in [-0.1, -0.05) is 0 Å². The summed E-state index contributed by atoms with van der Waals surface area (Å²) in [5, 5.41) is 2.39. The molecule has 1 aliphatic rings. The van der Waals surface area contributed by atoms with Gasteiger partial charge in [-0.15, -0.1) is 11.8 Å². The molecule has 27 heavy (non-hydrogen) atoms. The molecule has 0 bridgehead atoms. The quantitative estimate of drug-likeness (QED) is 0.740. The number of nitrogens with one attached hydrogen (secondary N) is 1. The predicted molar refractivity (Wildman–Crippen MR) is 105 cm³/mol. The van der Waals surface area contributed by atoms with Crippen LogP contribution >= 0.6 is 11.8 Å². The molecule has 1 saturated heterocycles. The molecule has 0 unspecified atom stereocenters. The van der Waals surface area contributed by atoms with E-state index in [0.29, 0.717) is 18.8 Å². The molecule has 0 aliphatic carbocycles. The van der Waals surface area contributed by atoms with Gasteiger partial charge in [0.25, 0.3) is 0 Å². The van der Waals surface area contributed by atoms with Crippen LogP contribution in [0.2, 0.25) is 0 Å². The lowest BCUT2D eigenvalue weighted by atomic mass is 10.3. The molecule has 1 N–H and O–H groups in total. The first-order valence-electron chi connectivity index (χ1n) is 8.69. The average molecular weight is 409 g/mol. The predicted octanol–water partition coefficient (Wildman–Crippen LogP) is 3.73. The van der Waals surface area contributed by atoms with E-state index in [2.05, 4.69) is 5.32 Å². The van der Waals surface area contributed by atoms with E-state index >= 15 is 0 Å². The van der Waals surface area contributed by atoms with Gasteiger partial charge in [-0.3, -0.25) is 4.79 Å². The van der Waals surface area contributed by atoms with E-state index in [1.54, 1.807) is 31.2 Å². The first-order chi connectivity index (χ1) is 12.9. The van der Waals surface area contributed by atoms with E-state index in [1.165, 1.54) is 40.3 Å². The van der Waals surface area contributed by atoms with Crippen molar-refractivity contribution in [1.29, 1.82) is 0 Å². The molecule has 3 rings (SSSR count). The van der Waals surface area contributed by atoms with E-state index in [0.717, 1.165) is 17.7 Å². The van der Waals surface area contributed by atoms with Crippen LogP contribution in [0, 0.1) is 5.82 Å². The highest BCUT2D eigenvalue weighted by atomic mass is 32.2. The minimum Gasteiger partial charge on any atom is -0.325 e. The van der Waals surface area contributed by atoms with Crippen molar-refractivity contribution in [2.75, 3.05) is 18.4 Å². The third-order valence-corrected chi connectivity index (χ3v) is 7.35. The van der Waals surface area contributed by atoms with Gasteiger partial charge < -0.3 is 5.32 Å². The molecule has 1 atom stereocenters. The molecule has 1 fully saturated rings. The van der Waals surface area contributed by atoms with Crippen LogP contribution in [0.3, 0.4) is 0 Å². The van der Waals surface area contributed by atoms with Crippen LogP contribution in [0.5, 0.6) is 0 Å². The van der Waals surface area contributed by atoms with Gasteiger partial charge in [0.05, 0.1) is 10.1 Å². The Morgan fingerprint density at radius 2 is 1.67 bits per heavy atom. The van der Waals surface area contributed by atoms with Crippen molar-refractivity contribution in [2.24, 2.45) is 0 Å². The fourth-order valence-corrected chi connectivity index (χ4v) is 5.19. The number of carbonyl (C=O) groups is 1. The Bertz CT molecular complexity index is 894. The summed E-state index contributed by atoms with van der Waals surface area (Å²) in [6, 6.07) is 12.2. The summed E-state index contributed by atoms with van der Waals surface area (Å²) in [5.74, 6) is -0.528. The summed E-state index contributed by atoms with van der Waals surface area (Å²) in [5.41, 5.74) is 0.534. The molecule has 0 spiro atoms. The Labute approximate surface area is 163 Å². The SMILES string of the molecule is C[C@@H](Sc1ccc(F)cc1)C(=O)Nc1ccc(S(=O)(=O)N2CCCC2)cc1. The van der Waals surface area contributed by atoms with Crippen LogP contribution in [0.1, 0.15) is 19.8 Å². The molecule has 1 heterocycles. The summed E-state index contributed by atoms with van der Waals surface area (Å²) in [4.78, 5) is 13.4. The molecule has 2 aromatic rings. The maximum atomic E-state index is 13.0. The van der Waals surface area contributed by atoms with Gasteiger partial charge in [0, 0.05) is 23.7 Å². The summed E-state index contributed by atoms with van der Waals surface area (Å²) in [6.45, 7) is 2.87. The van der Waals surface area contributed by atoms with Gasteiger partial charge in [-0.25, -0.2) is 12.8 Å². The van der Waals surface area contributed by atoms with Crippen molar-refractivity contribution in [3.8, 4) is 0 Å². The second-order valence-electron chi connectivity index (χ2n) is 6.34. The fourth-order valence-electron chi connectivity index (χ4n) is 2.80. The maximum absolute atomic E-state index is 13.0. The zero-order valence-corrected chi connectivity index (χ0v) is 16.5. The largest absolute Gasteiger partial charge is 0.325 e. The van der Waals surface area contributed by atoms with Crippen molar-refractivity contribution in [3.63, 3.8) is 0 Å². The zero-order chi connectivity index (χ0) is 19.4. The van der Waals surface area contributed by atoms with Gasteiger partial charge in [-0.2, -0.15) is 4.31 Å². The van der Waals surface area contributed by atoms with Crippen LogP contribution in [0.4, 0.5) is 10.1 Å². The van der Waals surface area contributed by atoms with Crippen LogP contribution in [-0.4, -0.2) is 37.0 Å². The maximum Gasteiger partial charge on any atom is 0.243 e. The highest BCUT2D eigenvalue weighted by Crippen LogP contribution is 2.25. The second-order valence-corrected chi connectivity index (χ2v) is 9.69. The minimum atomic E-state index is -3.46. The molecular weight excluding hydrogens is 387 g/mol. The number of nitrogens with zero attached hydrogens (tertiary/aromatic N) is 1. The summed E-state index contributed by atoms with van der Waals surface area (Å²) >= 11 is 1.32. The number of sulfonamides is 1. The van der Waals surface area contributed by atoms with Gasteiger partial charge in [-0.05, 0) is 68.3 Å². The lowest BCUT2D eigenvalue weighted by Gasteiger charge is -2.16. The molecule has 0 aromatic heterocycles. The van der Waals surface area contributed by atoms with Gasteiger partial charge in [0.15, 0.2) is 0 Å². The van der Waals surface area contributed by atoms with Crippen LogP contribution in [0.25, 0.3) is 0 Å². The Morgan fingerprint density at radius 1 is 1.07 bits per heavy atom. The van der Waals surface area contributed by atoms with Gasteiger partial charge in [0.1, 0.15) is 5.82 Å². The van der Waals surface area contributed by atoms with E-state index < -0.39 is 10.0 Å². The van der Waals surface area contributed by atoms with Crippen molar-refractivity contribution in [2.45, 2.75) is 34.8 Å². The van der Waals surface area contributed by atoms with E-state index in [-0.39, 0.29) is 21.9 Å².